The van der Waals surface area contributed by atoms with Gasteiger partial charge in [-0.2, -0.15) is 0 Å². The Labute approximate surface area is 107 Å². The smallest absolute Gasteiger partial charge is 0.0599 e. The molecule has 0 radical (unpaired) electrons. The van der Waals surface area contributed by atoms with Crippen molar-refractivity contribution in [2.45, 2.75) is 89.8 Å². The van der Waals surface area contributed by atoms with Crippen LogP contribution in [0.2, 0.25) is 0 Å². The van der Waals surface area contributed by atoms with Crippen LogP contribution in [0.15, 0.2) is 0 Å². The topological polar surface area (TPSA) is 29.5 Å². The first-order valence-corrected chi connectivity index (χ1v) is 7.62. The van der Waals surface area contributed by atoms with Gasteiger partial charge in [-0.1, -0.05) is 45.4 Å². The molecule has 17 heavy (non-hydrogen) atoms. The lowest BCUT2D eigenvalue weighted by atomic mass is 9.99. The van der Waals surface area contributed by atoms with Crippen LogP contribution in [0.4, 0.5) is 0 Å². The van der Waals surface area contributed by atoms with Gasteiger partial charge in [0.25, 0.3) is 0 Å². The lowest BCUT2D eigenvalue weighted by Gasteiger charge is -2.24. The molecule has 2 unspecified atom stereocenters. The number of hydrogen-bond donors (Lipinski definition) is 1. The molecule has 1 heterocycles. The minimum Gasteiger partial charge on any atom is -0.393 e. The van der Waals surface area contributed by atoms with E-state index >= 15 is 0 Å². The number of rotatable bonds is 9. The van der Waals surface area contributed by atoms with E-state index in [4.69, 9.17) is 4.74 Å². The van der Waals surface area contributed by atoms with E-state index in [2.05, 4.69) is 6.92 Å². The maximum atomic E-state index is 9.92. The van der Waals surface area contributed by atoms with Crippen LogP contribution in [0.25, 0.3) is 0 Å². The third-order valence-corrected chi connectivity index (χ3v) is 3.70. The normalized spacial score (nSPS) is 22.6. The first-order chi connectivity index (χ1) is 8.33. The average Bonchev–Trinajstić information content (AvgIpc) is 2.35. The molecule has 1 aliphatic rings. The van der Waals surface area contributed by atoms with Gasteiger partial charge in [0.05, 0.1) is 12.2 Å². The van der Waals surface area contributed by atoms with E-state index < -0.39 is 0 Å². The van der Waals surface area contributed by atoms with E-state index in [-0.39, 0.29) is 6.10 Å². The van der Waals surface area contributed by atoms with Gasteiger partial charge in [0, 0.05) is 6.61 Å². The molecule has 1 N–H and O–H groups in total. The van der Waals surface area contributed by atoms with Crippen molar-refractivity contribution in [3.8, 4) is 0 Å². The Morgan fingerprint density at radius 1 is 1.12 bits per heavy atom. The molecule has 1 saturated heterocycles. The zero-order valence-electron chi connectivity index (χ0n) is 11.5. The van der Waals surface area contributed by atoms with Crippen molar-refractivity contribution < 1.29 is 9.84 Å². The second kappa shape index (κ2) is 9.90. The van der Waals surface area contributed by atoms with Gasteiger partial charge in [0.1, 0.15) is 0 Å². The second-order valence-corrected chi connectivity index (χ2v) is 5.43. The third-order valence-electron chi connectivity index (χ3n) is 3.70. The maximum Gasteiger partial charge on any atom is 0.0599 e. The van der Waals surface area contributed by atoms with Crippen molar-refractivity contribution in [3.63, 3.8) is 0 Å². The van der Waals surface area contributed by atoms with Crippen molar-refractivity contribution in [2.24, 2.45) is 0 Å². The quantitative estimate of drug-likeness (QED) is 0.618. The minimum absolute atomic E-state index is 0.135. The lowest BCUT2D eigenvalue weighted by molar-refractivity contribution is -0.0167. The predicted molar refractivity (Wildman–Crippen MR) is 72.2 cm³/mol. The van der Waals surface area contributed by atoms with Crippen LogP contribution in [0, 0.1) is 0 Å². The van der Waals surface area contributed by atoms with Crippen molar-refractivity contribution in [1.82, 2.24) is 0 Å². The first-order valence-electron chi connectivity index (χ1n) is 7.62. The first kappa shape index (κ1) is 15.0. The molecule has 0 aromatic heterocycles. The summed E-state index contributed by atoms with van der Waals surface area (Å²) in [7, 11) is 0. The predicted octanol–water partition coefficient (Wildman–Crippen LogP) is 4.06. The summed E-state index contributed by atoms with van der Waals surface area (Å²) in [6, 6.07) is 0. The lowest BCUT2D eigenvalue weighted by Crippen LogP contribution is -2.24. The Kier molecular flexibility index (Phi) is 8.72. The Hall–Kier alpha value is -0.0800. The highest BCUT2D eigenvalue weighted by Gasteiger charge is 2.17. The molecule has 0 aromatic rings. The number of ether oxygens (including phenoxy) is 1. The summed E-state index contributed by atoms with van der Waals surface area (Å²) < 4.78 is 5.65. The molecule has 102 valence electrons. The van der Waals surface area contributed by atoms with Crippen LogP contribution in [-0.4, -0.2) is 23.9 Å². The van der Waals surface area contributed by atoms with Gasteiger partial charge in [0.15, 0.2) is 0 Å². The van der Waals surface area contributed by atoms with E-state index in [1.165, 1.54) is 51.4 Å². The molecule has 2 nitrogen and oxygen atoms in total. The van der Waals surface area contributed by atoms with E-state index in [9.17, 15) is 5.11 Å². The molecular formula is C15H30O2. The Morgan fingerprint density at radius 2 is 1.88 bits per heavy atom. The molecule has 0 saturated carbocycles. The minimum atomic E-state index is -0.135. The number of aliphatic hydroxyl groups excluding tert-OH is 1. The van der Waals surface area contributed by atoms with Crippen molar-refractivity contribution in [1.29, 1.82) is 0 Å². The number of unbranched alkanes of at least 4 members (excludes halogenated alkanes) is 5. The van der Waals surface area contributed by atoms with Gasteiger partial charge in [-0.3, -0.25) is 0 Å². The number of hydrogen-bond acceptors (Lipinski definition) is 2. The van der Waals surface area contributed by atoms with Gasteiger partial charge in [-0.05, 0) is 32.1 Å². The summed E-state index contributed by atoms with van der Waals surface area (Å²) in [6.07, 6.45) is 13.5. The molecule has 1 aliphatic heterocycles. The Balaban J connectivity index is 1.91. The van der Waals surface area contributed by atoms with Crippen LogP contribution in [0.5, 0.6) is 0 Å². The third kappa shape index (κ3) is 7.77. The standard InChI is InChI=1S/C15H30O2/c1-2-3-4-5-6-7-10-14(16)13-15-11-8-9-12-17-15/h14-16H,2-13H2,1H3. The summed E-state index contributed by atoms with van der Waals surface area (Å²) in [5, 5.41) is 9.92. The fraction of sp³-hybridized carbons (Fsp3) is 1.00. The molecule has 1 fully saturated rings. The number of aliphatic hydroxyl groups is 1. The zero-order chi connectivity index (χ0) is 12.3. The average molecular weight is 242 g/mol. The van der Waals surface area contributed by atoms with Gasteiger partial charge >= 0.3 is 0 Å². The second-order valence-electron chi connectivity index (χ2n) is 5.43. The summed E-state index contributed by atoms with van der Waals surface area (Å²) in [5.74, 6) is 0. The molecule has 0 aromatic carbocycles. The summed E-state index contributed by atoms with van der Waals surface area (Å²) in [4.78, 5) is 0. The monoisotopic (exact) mass is 242 g/mol. The fourth-order valence-corrected chi connectivity index (χ4v) is 2.57. The van der Waals surface area contributed by atoms with E-state index in [1.54, 1.807) is 0 Å². The van der Waals surface area contributed by atoms with E-state index in [0.717, 1.165) is 25.9 Å². The molecule has 0 amide bonds. The Morgan fingerprint density at radius 3 is 2.59 bits per heavy atom. The Bertz CT molecular complexity index is 164. The SMILES string of the molecule is CCCCCCCCC(O)CC1CCCCO1. The molecule has 2 heteroatoms. The summed E-state index contributed by atoms with van der Waals surface area (Å²) in [5.41, 5.74) is 0. The van der Waals surface area contributed by atoms with Crippen molar-refractivity contribution >= 4 is 0 Å². The molecule has 0 aliphatic carbocycles. The molecule has 0 bridgehead atoms. The molecular weight excluding hydrogens is 212 g/mol. The van der Waals surface area contributed by atoms with E-state index in [0.29, 0.717) is 6.10 Å². The van der Waals surface area contributed by atoms with Crippen LogP contribution in [0.1, 0.15) is 77.6 Å². The highest BCUT2D eigenvalue weighted by Crippen LogP contribution is 2.19. The van der Waals surface area contributed by atoms with E-state index in [1.807, 2.05) is 0 Å². The van der Waals surface area contributed by atoms with Gasteiger partial charge in [0.2, 0.25) is 0 Å². The molecule has 1 rings (SSSR count). The fourth-order valence-electron chi connectivity index (χ4n) is 2.57. The van der Waals surface area contributed by atoms with Crippen molar-refractivity contribution in [3.05, 3.63) is 0 Å². The van der Waals surface area contributed by atoms with Gasteiger partial charge in [-0.25, -0.2) is 0 Å². The molecule has 0 spiro atoms. The highest BCUT2D eigenvalue weighted by atomic mass is 16.5. The van der Waals surface area contributed by atoms with Crippen LogP contribution >= 0.6 is 0 Å². The van der Waals surface area contributed by atoms with Crippen molar-refractivity contribution in [2.75, 3.05) is 6.61 Å². The largest absolute Gasteiger partial charge is 0.393 e. The zero-order valence-corrected chi connectivity index (χ0v) is 11.5. The van der Waals surface area contributed by atoms with Crippen LogP contribution < -0.4 is 0 Å². The summed E-state index contributed by atoms with van der Waals surface area (Å²) in [6.45, 7) is 3.14. The van der Waals surface area contributed by atoms with Crippen LogP contribution in [-0.2, 0) is 4.74 Å². The highest BCUT2D eigenvalue weighted by molar-refractivity contribution is 4.68. The maximum absolute atomic E-state index is 9.92. The van der Waals surface area contributed by atoms with Gasteiger partial charge in [-0.15, -0.1) is 0 Å². The van der Waals surface area contributed by atoms with Crippen LogP contribution in [0.3, 0.4) is 0 Å². The summed E-state index contributed by atoms with van der Waals surface area (Å²) >= 11 is 0. The molecule has 2 atom stereocenters. The van der Waals surface area contributed by atoms with Gasteiger partial charge < -0.3 is 9.84 Å².